The van der Waals surface area contributed by atoms with Gasteiger partial charge in [-0.1, -0.05) is 29.8 Å². The predicted molar refractivity (Wildman–Crippen MR) is 61.6 cm³/mol. The molecule has 0 spiro atoms. The largest absolute Gasteiger partial charge is 0.383 e. The molecule has 94 valence electrons. The molecular weight excluding hydrogens is 241 g/mol. The van der Waals surface area contributed by atoms with Gasteiger partial charge in [-0.2, -0.15) is 0 Å². The summed E-state index contributed by atoms with van der Waals surface area (Å²) in [7, 11) is 0. The molecule has 1 unspecified atom stereocenters. The quantitative estimate of drug-likeness (QED) is 0.867. The van der Waals surface area contributed by atoms with Gasteiger partial charge in [-0.25, -0.2) is 13.2 Å². The van der Waals surface area contributed by atoms with Gasteiger partial charge in [0.25, 0.3) is 0 Å². The van der Waals surface area contributed by atoms with Gasteiger partial charge in [-0.3, -0.25) is 0 Å². The number of hydrogen-bond donors (Lipinski definition) is 1. The molecule has 0 aliphatic heterocycles. The lowest BCUT2D eigenvalue weighted by atomic mass is 9.99. The van der Waals surface area contributed by atoms with Crippen LogP contribution in [0.5, 0.6) is 0 Å². The highest BCUT2D eigenvalue weighted by Gasteiger charge is 2.20. The van der Waals surface area contributed by atoms with Crippen LogP contribution in [0.15, 0.2) is 36.4 Å². The summed E-state index contributed by atoms with van der Waals surface area (Å²) in [4.78, 5) is 0. The molecule has 2 aromatic carbocycles. The van der Waals surface area contributed by atoms with Crippen molar-refractivity contribution in [2.24, 2.45) is 0 Å². The zero-order valence-corrected chi connectivity index (χ0v) is 9.62. The Morgan fingerprint density at radius 2 is 1.67 bits per heavy atom. The fourth-order valence-corrected chi connectivity index (χ4v) is 1.77. The molecule has 4 heteroatoms. The second-order valence-electron chi connectivity index (χ2n) is 4.07. The monoisotopic (exact) mass is 252 g/mol. The van der Waals surface area contributed by atoms with Crippen LogP contribution < -0.4 is 0 Å². The van der Waals surface area contributed by atoms with E-state index in [-0.39, 0.29) is 11.1 Å². The van der Waals surface area contributed by atoms with Crippen molar-refractivity contribution in [2.75, 3.05) is 0 Å². The third-order valence-electron chi connectivity index (χ3n) is 2.72. The Labute approximate surface area is 103 Å². The van der Waals surface area contributed by atoms with Crippen LogP contribution in [0, 0.1) is 24.4 Å². The van der Waals surface area contributed by atoms with E-state index in [0.717, 1.165) is 11.6 Å². The van der Waals surface area contributed by atoms with Crippen molar-refractivity contribution < 1.29 is 18.3 Å². The molecule has 18 heavy (non-hydrogen) atoms. The van der Waals surface area contributed by atoms with Crippen LogP contribution in [0.4, 0.5) is 13.2 Å². The van der Waals surface area contributed by atoms with E-state index < -0.39 is 23.6 Å². The molecule has 0 amide bonds. The first-order valence-corrected chi connectivity index (χ1v) is 5.38. The maximum atomic E-state index is 13.6. The van der Waals surface area contributed by atoms with Crippen molar-refractivity contribution in [3.05, 3.63) is 70.5 Å². The molecule has 0 saturated carbocycles. The smallest absolute Gasteiger partial charge is 0.164 e. The third-order valence-corrected chi connectivity index (χ3v) is 2.72. The zero-order chi connectivity index (χ0) is 13.3. The minimum atomic E-state index is -1.53. The fourth-order valence-electron chi connectivity index (χ4n) is 1.77. The SMILES string of the molecule is Cc1ccc(F)c(C(O)c2cccc(F)c2F)c1. The van der Waals surface area contributed by atoms with E-state index in [4.69, 9.17) is 0 Å². The van der Waals surface area contributed by atoms with Crippen LogP contribution in [0.25, 0.3) is 0 Å². The van der Waals surface area contributed by atoms with Gasteiger partial charge < -0.3 is 5.11 Å². The lowest BCUT2D eigenvalue weighted by molar-refractivity contribution is 0.208. The summed E-state index contributed by atoms with van der Waals surface area (Å²) in [5, 5.41) is 9.96. The maximum absolute atomic E-state index is 13.6. The molecule has 1 atom stereocenters. The van der Waals surface area contributed by atoms with E-state index in [0.29, 0.717) is 0 Å². The van der Waals surface area contributed by atoms with Crippen LogP contribution in [0.1, 0.15) is 22.8 Å². The van der Waals surface area contributed by atoms with Crippen LogP contribution >= 0.6 is 0 Å². The first-order chi connectivity index (χ1) is 8.50. The number of hydrogen-bond acceptors (Lipinski definition) is 1. The van der Waals surface area contributed by atoms with Crippen molar-refractivity contribution >= 4 is 0 Å². The van der Waals surface area contributed by atoms with Gasteiger partial charge >= 0.3 is 0 Å². The lowest BCUT2D eigenvalue weighted by Gasteiger charge is -2.14. The van der Waals surface area contributed by atoms with E-state index in [1.165, 1.54) is 30.3 Å². The van der Waals surface area contributed by atoms with Crippen LogP contribution in [0.2, 0.25) is 0 Å². The Balaban J connectivity index is 2.51. The summed E-state index contributed by atoms with van der Waals surface area (Å²) in [5.41, 5.74) is 0.376. The third kappa shape index (κ3) is 2.24. The molecule has 1 nitrogen and oxygen atoms in total. The Kier molecular flexibility index (Phi) is 3.39. The summed E-state index contributed by atoms with van der Waals surface area (Å²) in [6.07, 6.45) is -1.53. The molecule has 0 aliphatic rings. The maximum Gasteiger partial charge on any atom is 0.164 e. The molecular formula is C14H11F3O. The molecule has 2 aromatic rings. The van der Waals surface area contributed by atoms with Crippen molar-refractivity contribution in [3.8, 4) is 0 Å². The normalized spacial score (nSPS) is 12.5. The highest BCUT2D eigenvalue weighted by molar-refractivity contribution is 5.34. The molecule has 0 heterocycles. The fraction of sp³-hybridized carbons (Fsp3) is 0.143. The number of benzene rings is 2. The molecule has 0 bridgehead atoms. The van der Waals surface area contributed by atoms with Crippen LogP contribution in [-0.2, 0) is 0 Å². The minimum Gasteiger partial charge on any atom is -0.383 e. The van der Waals surface area contributed by atoms with Gasteiger partial charge in [0, 0.05) is 11.1 Å². The van der Waals surface area contributed by atoms with Crippen molar-refractivity contribution in [2.45, 2.75) is 13.0 Å². The lowest BCUT2D eigenvalue weighted by Crippen LogP contribution is -2.06. The molecule has 2 rings (SSSR count). The predicted octanol–water partition coefficient (Wildman–Crippen LogP) is 3.49. The second kappa shape index (κ2) is 4.82. The first kappa shape index (κ1) is 12.6. The molecule has 0 saturated heterocycles. The zero-order valence-electron chi connectivity index (χ0n) is 9.62. The first-order valence-electron chi connectivity index (χ1n) is 5.38. The number of rotatable bonds is 2. The number of halogens is 3. The van der Waals surface area contributed by atoms with E-state index >= 15 is 0 Å². The van der Waals surface area contributed by atoms with Crippen molar-refractivity contribution in [1.29, 1.82) is 0 Å². The molecule has 0 aromatic heterocycles. The summed E-state index contributed by atoms with van der Waals surface area (Å²) in [6.45, 7) is 1.72. The molecule has 0 radical (unpaired) electrons. The average molecular weight is 252 g/mol. The molecule has 1 N–H and O–H groups in total. The topological polar surface area (TPSA) is 20.2 Å². The minimum absolute atomic E-state index is 0.0699. The highest BCUT2D eigenvalue weighted by atomic mass is 19.2. The van der Waals surface area contributed by atoms with Crippen LogP contribution in [-0.4, -0.2) is 5.11 Å². The Morgan fingerprint density at radius 1 is 0.944 bits per heavy atom. The Bertz CT molecular complexity index is 579. The van der Waals surface area contributed by atoms with E-state index in [1.54, 1.807) is 6.92 Å². The standard InChI is InChI=1S/C14H11F3O/c1-8-5-6-11(15)10(7-8)14(18)9-3-2-4-12(16)13(9)17/h2-7,14,18H,1H3. The second-order valence-corrected chi connectivity index (χ2v) is 4.07. The average Bonchev–Trinajstić information content (AvgIpc) is 2.35. The van der Waals surface area contributed by atoms with Gasteiger partial charge in [0.15, 0.2) is 11.6 Å². The molecule has 0 aliphatic carbocycles. The number of aliphatic hydroxyl groups is 1. The van der Waals surface area contributed by atoms with E-state index in [9.17, 15) is 18.3 Å². The van der Waals surface area contributed by atoms with Gasteiger partial charge in [-0.15, -0.1) is 0 Å². The van der Waals surface area contributed by atoms with E-state index in [2.05, 4.69) is 0 Å². The van der Waals surface area contributed by atoms with Crippen LogP contribution in [0.3, 0.4) is 0 Å². The number of aliphatic hydroxyl groups excluding tert-OH is 1. The number of aryl methyl sites for hydroxylation is 1. The summed E-state index contributed by atoms with van der Waals surface area (Å²) in [5.74, 6) is -2.89. The molecule has 0 fully saturated rings. The van der Waals surface area contributed by atoms with Gasteiger partial charge in [0.1, 0.15) is 11.9 Å². The summed E-state index contributed by atoms with van der Waals surface area (Å²) < 4.78 is 40.1. The van der Waals surface area contributed by atoms with E-state index in [1.807, 2.05) is 0 Å². The van der Waals surface area contributed by atoms with Crippen molar-refractivity contribution in [1.82, 2.24) is 0 Å². The van der Waals surface area contributed by atoms with Crippen molar-refractivity contribution in [3.63, 3.8) is 0 Å². The van der Waals surface area contributed by atoms with Gasteiger partial charge in [0.2, 0.25) is 0 Å². The Morgan fingerprint density at radius 3 is 2.39 bits per heavy atom. The Hall–Kier alpha value is -1.81. The summed E-state index contributed by atoms with van der Waals surface area (Å²) in [6, 6.07) is 7.57. The summed E-state index contributed by atoms with van der Waals surface area (Å²) >= 11 is 0. The van der Waals surface area contributed by atoms with Gasteiger partial charge in [0.05, 0.1) is 0 Å². The van der Waals surface area contributed by atoms with Gasteiger partial charge in [-0.05, 0) is 19.1 Å². The highest BCUT2D eigenvalue weighted by Crippen LogP contribution is 2.27.